The first kappa shape index (κ1) is 16.7. The average molecular weight is 328 g/mol. The Kier molecular flexibility index (Phi) is 5.33. The number of hydrogen-bond acceptors (Lipinski definition) is 5. The molecule has 1 fully saturated rings. The van der Waals surface area contributed by atoms with Crippen molar-refractivity contribution in [1.82, 2.24) is 5.32 Å². The number of halogens is 1. The van der Waals surface area contributed by atoms with E-state index < -0.39 is 10.3 Å². The molecule has 1 aromatic carbocycles. The van der Waals surface area contributed by atoms with E-state index in [-0.39, 0.29) is 16.6 Å². The number of ether oxygens (including phenoxy) is 1. The highest BCUT2D eigenvalue weighted by molar-refractivity contribution is 6.32. The van der Waals surface area contributed by atoms with Crippen molar-refractivity contribution >= 4 is 23.2 Å². The van der Waals surface area contributed by atoms with Crippen molar-refractivity contribution in [2.24, 2.45) is 11.1 Å². The maximum absolute atomic E-state index is 11.7. The first-order valence-corrected chi connectivity index (χ1v) is 7.34. The summed E-state index contributed by atoms with van der Waals surface area (Å²) in [6.07, 6.45) is 1.19. The van der Waals surface area contributed by atoms with Gasteiger partial charge in [0.1, 0.15) is 5.02 Å². The van der Waals surface area contributed by atoms with Gasteiger partial charge < -0.3 is 15.8 Å². The number of hydrogen-bond donors (Lipinski definition) is 2. The van der Waals surface area contributed by atoms with Crippen molar-refractivity contribution in [3.05, 3.63) is 38.9 Å². The lowest BCUT2D eigenvalue weighted by molar-refractivity contribution is -0.384. The maximum Gasteiger partial charge on any atom is 0.287 e. The summed E-state index contributed by atoms with van der Waals surface area (Å²) in [5, 5.41) is 14.0. The molecule has 1 saturated heterocycles. The summed E-state index contributed by atoms with van der Waals surface area (Å²) in [6, 6.07) is 4.56. The second-order valence-corrected chi connectivity index (χ2v) is 5.81. The SMILES string of the molecule is NC(=O)C1(CNCc2ccc([N+](=O)[O-])c(Cl)c2)CCOCC1. The van der Waals surface area contributed by atoms with Crippen LogP contribution < -0.4 is 11.1 Å². The molecule has 2 rings (SSSR count). The molecule has 1 aliphatic rings. The third-order valence-electron chi connectivity index (χ3n) is 3.97. The Hall–Kier alpha value is -1.70. The minimum Gasteiger partial charge on any atom is -0.381 e. The Balaban J connectivity index is 1.96. The van der Waals surface area contributed by atoms with E-state index in [9.17, 15) is 14.9 Å². The normalized spacial score (nSPS) is 17.1. The molecular formula is C14H18ClN3O4. The predicted octanol–water partition coefficient (Wildman–Crippen LogP) is 1.62. The highest BCUT2D eigenvalue weighted by Crippen LogP contribution is 2.30. The van der Waals surface area contributed by atoms with Crippen molar-refractivity contribution in [3.63, 3.8) is 0 Å². The van der Waals surface area contributed by atoms with Gasteiger partial charge in [-0.05, 0) is 24.5 Å². The van der Waals surface area contributed by atoms with Crippen molar-refractivity contribution in [2.45, 2.75) is 19.4 Å². The fraction of sp³-hybridized carbons (Fsp3) is 0.500. The highest BCUT2D eigenvalue weighted by Gasteiger charge is 2.37. The van der Waals surface area contributed by atoms with E-state index in [1.54, 1.807) is 12.1 Å². The molecule has 0 spiro atoms. The van der Waals surface area contributed by atoms with Crippen LogP contribution in [0.4, 0.5) is 5.69 Å². The zero-order valence-electron chi connectivity index (χ0n) is 12.0. The lowest BCUT2D eigenvalue weighted by Crippen LogP contribution is -2.48. The van der Waals surface area contributed by atoms with Gasteiger partial charge in [0, 0.05) is 32.4 Å². The van der Waals surface area contributed by atoms with E-state index >= 15 is 0 Å². The number of amides is 1. The van der Waals surface area contributed by atoms with Crippen LogP contribution in [0, 0.1) is 15.5 Å². The number of nitro benzene ring substituents is 1. The summed E-state index contributed by atoms with van der Waals surface area (Å²) in [7, 11) is 0. The zero-order chi connectivity index (χ0) is 16.2. The Morgan fingerprint density at radius 2 is 2.14 bits per heavy atom. The minimum absolute atomic E-state index is 0.0972. The third kappa shape index (κ3) is 3.73. The van der Waals surface area contributed by atoms with Crippen LogP contribution in [0.2, 0.25) is 5.02 Å². The van der Waals surface area contributed by atoms with Gasteiger partial charge in [-0.1, -0.05) is 17.7 Å². The fourth-order valence-electron chi connectivity index (χ4n) is 2.53. The summed E-state index contributed by atoms with van der Waals surface area (Å²) < 4.78 is 5.27. The van der Waals surface area contributed by atoms with E-state index in [1.807, 2.05) is 0 Å². The van der Waals surface area contributed by atoms with Crippen molar-refractivity contribution in [1.29, 1.82) is 0 Å². The lowest BCUT2D eigenvalue weighted by Gasteiger charge is -2.34. The van der Waals surface area contributed by atoms with Crippen LogP contribution in [0.25, 0.3) is 0 Å². The molecule has 1 aromatic rings. The molecule has 0 bridgehead atoms. The summed E-state index contributed by atoms with van der Waals surface area (Å²) in [6.45, 7) is 1.94. The van der Waals surface area contributed by atoms with Crippen LogP contribution in [0.1, 0.15) is 18.4 Å². The fourth-order valence-corrected chi connectivity index (χ4v) is 2.80. The van der Waals surface area contributed by atoms with Gasteiger partial charge in [0.05, 0.1) is 10.3 Å². The number of nitrogens with zero attached hydrogens (tertiary/aromatic N) is 1. The topological polar surface area (TPSA) is 107 Å². The molecule has 120 valence electrons. The Morgan fingerprint density at radius 1 is 1.45 bits per heavy atom. The van der Waals surface area contributed by atoms with Gasteiger partial charge in [0.25, 0.3) is 5.69 Å². The van der Waals surface area contributed by atoms with Crippen molar-refractivity contribution in [3.8, 4) is 0 Å². The molecule has 3 N–H and O–H groups in total. The summed E-state index contributed by atoms with van der Waals surface area (Å²) in [5.74, 6) is -0.329. The van der Waals surface area contributed by atoms with Crippen LogP contribution in [-0.2, 0) is 16.1 Å². The third-order valence-corrected chi connectivity index (χ3v) is 4.28. The molecule has 1 aliphatic heterocycles. The van der Waals surface area contributed by atoms with Gasteiger partial charge in [0.15, 0.2) is 0 Å². The predicted molar refractivity (Wildman–Crippen MR) is 81.5 cm³/mol. The van der Waals surface area contributed by atoms with Gasteiger partial charge in [-0.15, -0.1) is 0 Å². The second-order valence-electron chi connectivity index (χ2n) is 5.40. The van der Waals surface area contributed by atoms with Crippen molar-refractivity contribution < 1.29 is 14.5 Å². The Bertz CT molecular complexity index is 573. The largest absolute Gasteiger partial charge is 0.381 e. The molecule has 0 aliphatic carbocycles. The first-order chi connectivity index (χ1) is 10.4. The lowest BCUT2D eigenvalue weighted by atomic mass is 9.79. The van der Waals surface area contributed by atoms with E-state index in [4.69, 9.17) is 22.1 Å². The minimum atomic E-state index is -0.594. The van der Waals surface area contributed by atoms with Crippen LogP contribution in [0.15, 0.2) is 18.2 Å². The number of rotatable bonds is 6. The molecule has 0 atom stereocenters. The summed E-state index contributed by atoms with van der Waals surface area (Å²) in [5.41, 5.74) is 5.62. The molecule has 0 radical (unpaired) electrons. The van der Waals surface area contributed by atoms with E-state index in [0.29, 0.717) is 39.1 Å². The Morgan fingerprint density at radius 3 is 2.68 bits per heavy atom. The van der Waals surface area contributed by atoms with Gasteiger partial charge >= 0.3 is 0 Å². The second kappa shape index (κ2) is 7.04. The summed E-state index contributed by atoms with van der Waals surface area (Å²) in [4.78, 5) is 21.9. The number of nitrogens with one attached hydrogen (secondary N) is 1. The zero-order valence-corrected chi connectivity index (χ0v) is 12.8. The number of nitro groups is 1. The number of primary amides is 1. The van der Waals surface area contributed by atoms with Crippen LogP contribution in [0.3, 0.4) is 0 Å². The van der Waals surface area contributed by atoms with Crippen LogP contribution in [0.5, 0.6) is 0 Å². The molecule has 8 heteroatoms. The number of carbonyl (C=O) groups excluding carboxylic acids is 1. The molecular weight excluding hydrogens is 310 g/mol. The van der Waals surface area contributed by atoms with E-state index in [0.717, 1.165) is 5.56 Å². The van der Waals surface area contributed by atoms with Crippen LogP contribution >= 0.6 is 11.6 Å². The molecule has 0 saturated carbocycles. The molecule has 1 heterocycles. The molecule has 0 unspecified atom stereocenters. The van der Waals surface area contributed by atoms with Crippen molar-refractivity contribution in [2.75, 3.05) is 19.8 Å². The van der Waals surface area contributed by atoms with Gasteiger partial charge in [-0.2, -0.15) is 0 Å². The number of benzene rings is 1. The highest BCUT2D eigenvalue weighted by atomic mass is 35.5. The van der Waals surface area contributed by atoms with Gasteiger partial charge in [-0.25, -0.2) is 0 Å². The van der Waals surface area contributed by atoms with Crippen LogP contribution in [-0.4, -0.2) is 30.6 Å². The smallest absolute Gasteiger partial charge is 0.287 e. The van der Waals surface area contributed by atoms with E-state index in [1.165, 1.54) is 6.07 Å². The number of nitrogens with two attached hydrogens (primary N) is 1. The Labute approximate surface area is 132 Å². The molecule has 0 aromatic heterocycles. The number of carbonyl (C=O) groups is 1. The molecule has 1 amide bonds. The van der Waals surface area contributed by atoms with Gasteiger partial charge in [-0.3, -0.25) is 14.9 Å². The molecule has 7 nitrogen and oxygen atoms in total. The quantitative estimate of drug-likeness (QED) is 0.609. The maximum atomic E-state index is 11.7. The standard InChI is InChI=1S/C14H18ClN3O4/c15-11-7-10(1-2-12(11)18(20)21)8-17-9-14(13(16)19)3-5-22-6-4-14/h1-2,7,17H,3-6,8-9H2,(H2,16,19). The van der Waals surface area contributed by atoms with Gasteiger partial charge in [0.2, 0.25) is 5.91 Å². The monoisotopic (exact) mass is 327 g/mol. The summed E-state index contributed by atoms with van der Waals surface area (Å²) >= 11 is 5.87. The average Bonchev–Trinajstić information content (AvgIpc) is 2.47. The molecule has 22 heavy (non-hydrogen) atoms. The first-order valence-electron chi connectivity index (χ1n) is 6.96. The van der Waals surface area contributed by atoms with E-state index in [2.05, 4.69) is 5.32 Å².